The summed E-state index contributed by atoms with van der Waals surface area (Å²) in [7, 11) is 0. The monoisotopic (exact) mass is 425 g/mol. The molecule has 1 atom stereocenters. The van der Waals surface area contributed by atoms with Crippen molar-refractivity contribution in [2.45, 2.75) is 52.0 Å². The third-order valence-corrected chi connectivity index (χ3v) is 7.15. The Labute approximate surface area is 160 Å². The van der Waals surface area contributed by atoms with E-state index < -0.39 is 6.04 Å². The summed E-state index contributed by atoms with van der Waals surface area (Å²) in [6, 6.07) is 1.34. The van der Waals surface area contributed by atoms with Gasteiger partial charge in [-0.1, -0.05) is 19.3 Å². The number of hydrogen-bond donors (Lipinski definition) is 3. The highest BCUT2D eigenvalue weighted by Gasteiger charge is 2.32. The molecule has 3 amide bonds. The average molecular weight is 426 g/mol. The summed E-state index contributed by atoms with van der Waals surface area (Å²) in [6.45, 7) is 4.51. The van der Waals surface area contributed by atoms with Crippen LogP contribution in [0.1, 0.15) is 55.5 Å². The standard InChI is InChI=1S/C18H24BrN3O2S/c1-10-8-13(25-16(10)19)15-14(11(2)21-18(24)22-15)17(23)20-9-12-6-4-3-5-7-12/h8,12,15H,3-7,9H2,1-2H3,(H,20,23)(H2,21,22,24). The lowest BCUT2D eigenvalue weighted by Crippen LogP contribution is -2.47. The summed E-state index contributed by atoms with van der Waals surface area (Å²) >= 11 is 5.08. The van der Waals surface area contributed by atoms with Crippen LogP contribution in [0.3, 0.4) is 0 Å². The van der Waals surface area contributed by atoms with Crippen molar-refractivity contribution >= 4 is 39.2 Å². The molecule has 1 saturated carbocycles. The molecule has 7 heteroatoms. The van der Waals surface area contributed by atoms with Crippen LogP contribution in [-0.2, 0) is 4.79 Å². The van der Waals surface area contributed by atoms with Gasteiger partial charge < -0.3 is 16.0 Å². The Balaban J connectivity index is 1.78. The Kier molecular flexibility index (Phi) is 5.84. The van der Waals surface area contributed by atoms with Gasteiger partial charge in [-0.25, -0.2) is 4.79 Å². The van der Waals surface area contributed by atoms with Crippen molar-refractivity contribution in [1.29, 1.82) is 0 Å². The number of urea groups is 1. The fraction of sp³-hybridized carbons (Fsp3) is 0.556. The molecule has 1 unspecified atom stereocenters. The van der Waals surface area contributed by atoms with E-state index in [1.54, 1.807) is 18.3 Å². The van der Waals surface area contributed by atoms with Crippen molar-refractivity contribution in [1.82, 2.24) is 16.0 Å². The molecular formula is C18H24BrN3O2S. The minimum Gasteiger partial charge on any atom is -0.352 e. The Bertz CT molecular complexity index is 688. The molecule has 1 aliphatic heterocycles. The SMILES string of the molecule is CC1=C(C(=O)NCC2CCCCC2)C(c2cc(C)c(Br)s2)NC(=O)N1. The number of carbonyl (C=O) groups is 2. The van der Waals surface area contributed by atoms with Gasteiger partial charge in [0, 0.05) is 17.1 Å². The van der Waals surface area contributed by atoms with E-state index in [0.717, 1.165) is 14.2 Å². The Morgan fingerprint density at radius 3 is 2.68 bits per heavy atom. The fourth-order valence-electron chi connectivity index (χ4n) is 3.56. The molecule has 0 radical (unpaired) electrons. The summed E-state index contributed by atoms with van der Waals surface area (Å²) in [5, 5.41) is 8.72. The van der Waals surface area contributed by atoms with Gasteiger partial charge >= 0.3 is 6.03 Å². The quantitative estimate of drug-likeness (QED) is 0.677. The molecule has 0 aromatic carbocycles. The molecule has 1 aromatic rings. The zero-order chi connectivity index (χ0) is 18.0. The van der Waals surface area contributed by atoms with E-state index >= 15 is 0 Å². The van der Waals surface area contributed by atoms with Gasteiger partial charge in [0.1, 0.15) is 0 Å². The maximum Gasteiger partial charge on any atom is 0.319 e. The highest BCUT2D eigenvalue weighted by molar-refractivity contribution is 9.11. The third kappa shape index (κ3) is 4.26. The second kappa shape index (κ2) is 7.91. The van der Waals surface area contributed by atoms with E-state index in [9.17, 15) is 9.59 Å². The second-order valence-electron chi connectivity index (χ2n) is 6.89. The number of hydrogen-bond acceptors (Lipinski definition) is 3. The molecule has 25 heavy (non-hydrogen) atoms. The van der Waals surface area contributed by atoms with Crippen LogP contribution in [0.5, 0.6) is 0 Å². The fourth-order valence-corrected chi connectivity index (χ4v) is 5.19. The molecule has 1 aliphatic carbocycles. The molecule has 2 heterocycles. The number of rotatable bonds is 4. The maximum absolute atomic E-state index is 12.9. The summed E-state index contributed by atoms with van der Waals surface area (Å²) in [5.41, 5.74) is 2.33. The lowest BCUT2D eigenvalue weighted by molar-refractivity contribution is -0.118. The van der Waals surface area contributed by atoms with Crippen LogP contribution in [0.25, 0.3) is 0 Å². The first kappa shape index (κ1) is 18.5. The van der Waals surface area contributed by atoms with Gasteiger partial charge in [-0.2, -0.15) is 0 Å². The molecule has 1 aromatic heterocycles. The number of thiophene rings is 1. The van der Waals surface area contributed by atoms with Gasteiger partial charge in [0.2, 0.25) is 0 Å². The minimum absolute atomic E-state index is 0.0947. The van der Waals surface area contributed by atoms with Crippen LogP contribution in [0.4, 0.5) is 4.79 Å². The number of carbonyl (C=O) groups excluding carboxylic acids is 2. The predicted molar refractivity (Wildman–Crippen MR) is 103 cm³/mol. The molecule has 5 nitrogen and oxygen atoms in total. The highest BCUT2D eigenvalue weighted by atomic mass is 79.9. The van der Waals surface area contributed by atoms with E-state index in [4.69, 9.17) is 0 Å². The molecule has 0 saturated heterocycles. The number of aryl methyl sites for hydroxylation is 1. The van der Waals surface area contributed by atoms with Crippen molar-refractivity contribution in [3.63, 3.8) is 0 Å². The zero-order valence-corrected chi connectivity index (χ0v) is 17.0. The van der Waals surface area contributed by atoms with Gasteiger partial charge in [-0.05, 0) is 60.2 Å². The first-order valence-corrected chi connectivity index (χ1v) is 10.4. The molecule has 2 aliphatic rings. The van der Waals surface area contributed by atoms with Crippen LogP contribution in [0, 0.1) is 12.8 Å². The predicted octanol–water partition coefficient (Wildman–Crippen LogP) is 4.14. The number of halogens is 1. The van der Waals surface area contributed by atoms with Crippen molar-refractivity contribution < 1.29 is 9.59 Å². The normalized spacial score (nSPS) is 21.7. The number of allylic oxidation sites excluding steroid dienone is 1. The maximum atomic E-state index is 12.9. The smallest absolute Gasteiger partial charge is 0.319 e. The lowest BCUT2D eigenvalue weighted by Gasteiger charge is -2.28. The summed E-state index contributed by atoms with van der Waals surface area (Å²) in [4.78, 5) is 25.8. The largest absolute Gasteiger partial charge is 0.352 e. The summed E-state index contributed by atoms with van der Waals surface area (Å²) in [5.74, 6) is 0.476. The first-order chi connectivity index (χ1) is 12.0. The van der Waals surface area contributed by atoms with Crippen LogP contribution in [0.2, 0.25) is 0 Å². The highest BCUT2D eigenvalue weighted by Crippen LogP contribution is 2.36. The molecule has 0 bridgehead atoms. The van der Waals surface area contributed by atoms with Crippen LogP contribution in [0.15, 0.2) is 21.1 Å². The summed E-state index contributed by atoms with van der Waals surface area (Å²) < 4.78 is 1.02. The van der Waals surface area contributed by atoms with Gasteiger partial charge in [0.25, 0.3) is 5.91 Å². The Hall–Kier alpha value is -1.34. The van der Waals surface area contributed by atoms with E-state index in [1.165, 1.54) is 32.1 Å². The lowest BCUT2D eigenvalue weighted by atomic mass is 9.89. The number of amides is 3. The topological polar surface area (TPSA) is 70.2 Å². The molecule has 3 rings (SSSR count). The van der Waals surface area contributed by atoms with Crippen LogP contribution >= 0.6 is 27.3 Å². The van der Waals surface area contributed by atoms with Crippen molar-refractivity contribution in [3.05, 3.63) is 31.6 Å². The van der Waals surface area contributed by atoms with Gasteiger partial charge in [0.05, 0.1) is 15.4 Å². The van der Waals surface area contributed by atoms with Crippen molar-refractivity contribution in [2.24, 2.45) is 5.92 Å². The molecule has 136 valence electrons. The van der Waals surface area contributed by atoms with E-state index in [1.807, 2.05) is 13.0 Å². The Morgan fingerprint density at radius 1 is 1.32 bits per heavy atom. The molecule has 1 fully saturated rings. The van der Waals surface area contributed by atoms with Gasteiger partial charge in [-0.15, -0.1) is 11.3 Å². The zero-order valence-electron chi connectivity index (χ0n) is 14.6. The van der Waals surface area contributed by atoms with Crippen LogP contribution < -0.4 is 16.0 Å². The minimum atomic E-state index is -0.407. The third-order valence-electron chi connectivity index (χ3n) is 4.95. The van der Waals surface area contributed by atoms with E-state index in [2.05, 4.69) is 31.9 Å². The Morgan fingerprint density at radius 2 is 2.04 bits per heavy atom. The molecule has 0 spiro atoms. The van der Waals surface area contributed by atoms with Gasteiger partial charge in [0.15, 0.2) is 0 Å². The average Bonchev–Trinajstić information content (AvgIpc) is 2.92. The summed E-state index contributed by atoms with van der Waals surface area (Å²) in [6.07, 6.45) is 6.19. The van der Waals surface area contributed by atoms with Gasteiger partial charge in [-0.3, -0.25) is 4.79 Å². The molecular weight excluding hydrogens is 402 g/mol. The first-order valence-electron chi connectivity index (χ1n) is 8.78. The van der Waals surface area contributed by atoms with Crippen molar-refractivity contribution in [2.75, 3.05) is 6.54 Å². The second-order valence-corrected chi connectivity index (χ2v) is 9.29. The van der Waals surface area contributed by atoms with Crippen molar-refractivity contribution in [3.8, 4) is 0 Å². The van der Waals surface area contributed by atoms with E-state index in [-0.39, 0.29) is 11.9 Å². The molecule has 3 N–H and O–H groups in total. The number of nitrogens with one attached hydrogen (secondary N) is 3. The van der Waals surface area contributed by atoms with E-state index in [0.29, 0.717) is 23.7 Å². The van der Waals surface area contributed by atoms with Crippen LogP contribution in [-0.4, -0.2) is 18.5 Å².